The Hall–Kier alpha value is -1.67. The van der Waals surface area contributed by atoms with E-state index in [1.54, 1.807) is 0 Å². The predicted molar refractivity (Wildman–Crippen MR) is 65.3 cm³/mol. The molecule has 5 heteroatoms. The van der Waals surface area contributed by atoms with Crippen LogP contribution in [0.2, 0.25) is 0 Å². The van der Waals surface area contributed by atoms with E-state index in [2.05, 4.69) is 29.1 Å². The van der Waals surface area contributed by atoms with Crippen LogP contribution >= 0.6 is 0 Å². The Morgan fingerprint density at radius 1 is 1.35 bits per heavy atom. The smallest absolute Gasteiger partial charge is 0.158 e. The lowest BCUT2D eigenvalue weighted by molar-refractivity contribution is 0.127. The summed E-state index contributed by atoms with van der Waals surface area (Å²) in [6, 6.07) is 1.92. The first-order chi connectivity index (χ1) is 8.19. The van der Waals surface area contributed by atoms with Crippen molar-refractivity contribution in [1.29, 1.82) is 5.26 Å². The summed E-state index contributed by atoms with van der Waals surface area (Å²) in [5, 5.41) is 21.2. The molecule has 0 spiro atoms. The average Bonchev–Trinajstić information content (AvgIpc) is 2.41. The molecular formula is C12H18N4O. The van der Waals surface area contributed by atoms with Crippen LogP contribution in [0.5, 0.6) is 0 Å². The van der Waals surface area contributed by atoms with Gasteiger partial charge in [-0.25, -0.2) is 9.97 Å². The van der Waals surface area contributed by atoms with E-state index in [9.17, 15) is 5.11 Å². The highest BCUT2D eigenvalue weighted by atomic mass is 16.3. The number of hydrogen-bond donors (Lipinski definition) is 2. The molecule has 0 unspecified atom stereocenters. The van der Waals surface area contributed by atoms with E-state index in [1.807, 2.05) is 6.07 Å². The summed E-state index contributed by atoms with van der Waals surface area (Å²) in [7, 11) is 0. The molecular weight excluding hydrogens is 216 g/mol. The van der Waals surface area contributed by atoms with Gasteiger partial charge in [-0.1, -0.05) is 13.8 Å². The van der Waals surface area contributed by atoms with Crippen molar-refractivity contribution in [2.45, 2.75) is 26.7 Å². The molecule has 0 aliphatic heterocycles. The Morgan fingerprint density at radius 3 is 2.47 bits per heavy atom. The van der Waals surface area contributed by atoms with Gasteiger partial charge in [0.15, 0.2) is 5.69 Å². The zero-order valence-electron chi connectivity index (χ0n) is 10.3. The van der Waals surface area contributed by atoms with Crippen LogP contribution in [0.1, 0.15) is 32.4 Å². The van der Waals surface area contributed by atoms with Crippen molar-refractivity contribution < 1.29 is 5.11 Å². The Balaban J connectivity index is 2.63. The molecule has 0 atom stereocenters. The van der Waals surface area contributed by atoms with Gasteiger partial charge in [0.25, 0.3) is 0 Å². The van der Waals surface area contributed by atoms with E-state index in [1.165, 1.54) is 12.4 Å². The summed E-state index contributed by atoms with van der Waals surface area (Å²) < 4.78 is 0. The van der Waals surface area contributed by atoms with Gasteiger partial charge in [-0.15, -0.1) is 0 Å². The lowest BCUT2D eigenvalue weighted by atomic mass is 9.83. The second-order valence-corrected chi connectivity index (χ2v) is 4.12. The quantitative estimate of drug-likeness (QED) is 0.780. The van der Waals surface area contributed by atoms with E-state index in [4.69, 9.17) is 5.26 Å². The first-order valence-corrected chi connectivity index (χ1v) is 5.76. The lowest BCUT2D eigenvalue weighted by Gasteiger charge is -2.29. The molecule has 0 saturated carbocycles. The van der Waals surface area contributed by atoms with E-state index >= 15 is 0 Å². The maximum Gasteiger partial charge on any atom is 0.158 e. The summed E-state index contributed by atoms with van der Waals surface area (Å²) in [5.41, 5.74) is 0.185. The zero-order valence-corrected chi connectivity index (χ0v) is 10.3. The van der Waals surface area contributed by atoms with Gasteiger partial charge in [-0.05, 0) is 12.8 Å². The Morgan fingerprint density at radius 2 is 2.06 bits per heavy atom. The number of aliphatic hydroxyl groups excluding tert-OH is 1. The van der Waals surface area contributed by atoms with Crippen molar-refractivity contribution >= 4 is 5.82 Å². The number of aliphatic hydroxyl groups is 1. The Labute approximate surface area is 102 Å². The second kappa shape index (κ2) is 6.16. The normalized spacial score (nSPS) is 10.9. The van der Waals surface area contributed by atoms with Crippen LogP contribution in [-0.2, 0) is 0 Å². The molecule has 17 heavy (non-hydrogen) atoms. The molecule has 1 heterocycles. The van der Waals surface area contributed by atoms with Crippen LogP contribution in [0.4, 0.5) is 5.82 Å². The highest BCUT2D eigenvalue weighted by molar-refractivity contribution is 5.33. The number of hydrogen-bond acceptors (Lipinski definition) is 5. The van der Waals surface area contributed by atoms with Crippen LogP contribution < -0.4 is 5.32 Å². The minimum absolute atomic E-state index is 0.115. The van der Waals surface area contributed by atoms with Crippen molar-refractivity contribution in [2.75, 3.05) is 18.5 Å². The minimum atomic E-state index is -0.115. The molecule has 0 aliphatic carbocycles. The second-order valence-electron chi connectivity index (χ2n) is 4.12. The van der Waals surface area contributed by atoms with Gasteiger partial charge in [-0.3, -0.25) is 0 Å². The molecule has 0 bridgehead atoms. The first kappa shape index (κ1) is 13.4. The van der Waals surface area contributed by atoms with E-state index in [0.29, 0.717) is 18.1 Å². The summed E-state index contributed by atoms with van der Waals surface area (Å²) in [5.74, 6) is 0.628. The third kappa shape index (κ3) is 3.40. The minimum Gasteiger partial charge on any atom is -0.396 e. The number of nitrogens with one attached hydrogen (secondary N) is 1. The third-order valence-corrected chi connectivity index (χ3v) is 3.25. The summed E-state index contributed by atoms with van der Waals surface area (Å²) >= 11 is 0. The van der Waals surface area contributed by atoms with Gasteiger partial charge >= 0.3 is 0 Å². The van der Waals surface area contributed by atoms with Crippen molar-refractivity contribution in [3.63, 3.8) is 0 Å². The highest BCUT2D eigenvalue weighted by Gasteiger charge is 2.24. The van der Waals surface area contributed by atoms with Crippen molar-refractivity contribution in [3.8, 4) is 6.07 Å². The van der Waals surface area contributed by atoms with Crippen molar-refractivity contribution in [1.82, 2.24) is 9.97 Å². The van der Waals surface area contributed by atoms with Gasteiger partial charge in [0.2, 0.25) is 0 Å². The van der Waals surface area contributed by atoms with Crippen LogP contribution in [0.3, 0.4) is 0 Å². The molecule has 5 nitrogen and oxygen atoms in total. The SMILES string of the molecule is CCC(CC)(CO)CNc1cnc(C#N)cn1. The maximum absolute atomic E-state index is 9.42. The largest absolute Gasteiger partial charge is 0.396 e. The number of anilines is 1. The number of nitriles is 1. The molecule has 0 amide bonds. The van der Waals surface area contributed by atoms with Gasteiger partial charge in [-0.2, -0.15) is 5.26 Å². The summed E-state index contributed by atoms with van der Waals surface area (Å²) in [6.45, 7) is 4.92. The fourth-order valence-corrected chi connectivity index (χ4v) is 1.53. The maximum atomic E-state index is 9.42. The standard InChI is InChI=1S/C12H18N4O/c1-3-12(4-2,9-17)8-16-11-7-14-10(5-13)6-15-11/h6-7,17H,3-4,8-9H2,1-2H3,(H,15,16). The molecule has 92 valence electrons. The van der Waals surface area contributed by atoms with Crippen LogP contribution in [0, 0.1) is 16.7 Å². The molecule has 1 aromatic rings. The van der Waals surface area contributed by atoms with Crippen LogP contribution in [-0.4, -0.2) is 28.2 Å². The molecule has 1 rings (SSSR count). The third-order valence-electron chi connectivity index (χ3n) is 3.25. The van der Waals surface area contributed by atoms with Gasteiger partial charge in [0.05, 0.1) is 19.0 Å². The molecule has 0 saturated heterocycles. The zero-order chi connectivity index (χ0) is 12.7. The number of aromatic nitrogens is 2. The first-order valence-electron chi connectivity index (χ1n) is 5.76. The topological polar surface area (TPSA) is 81.8 Å². The lowest BCUT2D eigenvalue weighted by Crippen LogP contribution is -2.32. The fourth-order valence-electron chi connectivity index (χ4n) is 1.53. The van der Waals surface area contributed by atoms with Crippen molar-refractivity contribution in [2.24, 2.45) is 5.41 Å². The van der Waals surface area contributed by atoms with E-state index < -0.39 is 0 Å². The average molecular weight is 234 g/mol. The molecule has 2 N–H and O–H groups in total. The van der Waals surface area contributed by atoms with E-state index in [-0.39, 0.29) is 12.0 Å². The van der Waals surface area contributed by atoms with Crippen molar-refractivity contribution in [3.05, 3.63) is 18.1 Å². The monoisotopic (exact) mass is 234 g/mol. The number of rotatable bonds is 6. The predicted octanol–water partition coefficient (Wildman–Crippen LogP) is 1.56. The fraction of sp³-hybridized carbons (Fsp3) is 0.583. The van der Waals surface area contributed by atoms with E-state index in [0.717, 1.165) is 12.8 Å². The number of nitrogens with zero attached hydrogens (tertiary/aromatic N) is 3. The highest BCUT2D eigenvalue weighted by Crippen LogP contribution is 2.25. The molecule has 0 aromatic carbocycles. The summed E-state index contributed by atoms with van der Waals surface area (Å²) in [6.07, 6.45) is 4.76. The molecule has 1 aromatic heterocycles. The Bertz CT molecular complexity index is 370. The molecule has 0 fully saturated rings. The van der Waals surface area contributed by atoms with Gasteiger partial charge < -0.3 is 10.4 Å². The van der Waals surface area contributed by atoms with Gasteiger partial charge in [0.1, 0.15) is 11.9 Å². The van der Waals surface area contributed by atoms with Crippen LogP contribution in [0.25, 0.3) is 0 Å². The Kier molecular flexibility index (Phi) is 4.85. The van der Waals surface area contributed by atoms with Crippen LogP contribution in [0.15, 0.2) is 12.4 Å². The summed E-state index contributed by atoms with van der Waals surface area (Å²) in [4.78, 5) is 8.00. The molecule has 0 radical (unpaired) electrons. The molecule has 0 aliphatic rings. The van der Waals surface area contributed by atoms with Gasteiger partial charge in [0, 0.05) is 12.0 Å².